The quantitative estimate of drug-likeness (QED) is 0.422. The second-order valence-electron chi connectivity index (χ2n) is 4.35. The maximum atomic E-state index is 8.03. The van der Waals surface area contributed by atoms with Crippen LogP contribution >= 0.6 is 0 Å². The fourth-order valence-corrected chi connectivity index (χ4v) is 2.10. The van der Waals surface area contributed by atoms with Crippen molar-refractivity contribution in [1.82, 2.24) is 9.61 Å². The first-order valence-electron chi connectivity index (χ1n) is 6.24. The molecule has 0 unspecified atom stereocenters. The molecule has 1 aromatic carbocycles. The van der Waals surface area contributed by atoms with Crippen molar-refractivity contribution in [1.29, 1.82) is 0 Å². The van der Waals surface area contributed by atoms with E-state index in [1.807, 2.05) is 37.3 Å². The van der Waals surface area contributed by atoms with E-state index in [2.05, 4.69) is 12.0 Å². The van der Waals surface area contributed by atoms with E-state index in [1.165, 1.54) is 0 Å². The van der Waals surface area contributed by atoms with Gasteiger partial charge in [0.05, 0.1) is 6.89 Å². The van der Waals surface area contributed by atoms with Crippen molar-refractivity contribution in [2.75, 3.05) is 0 Å². The molecule has 0 fully saturated rings. The van der Waals surface area contributed by atoms with Gasteiger partial charge in [0, 0.05) is 17.5 Å². The van der Waals surface area contributed by atoms with Gasteiger partial charge in [-0.25, -0.2) is 4.52 Å². The predicted molar refractivity (Wildman–Crippen MR) is 75.2 cm³/mol. The van der Waals surface area contributed by atoms with E-state index in [0.29, 0.717) is 11.5 Å². The molecule has 0 aliphatic heterocycles. The minimum atomic E-state index is 0. The SMILES string of the molecule is [2H]c1cc(-c2ccc([CH2-])cc2)c2c([B])cnn2c1C.[K+]. The summed E-state index contributed by atoms with van der Waals surface area (Å²) in [6.45, 7) is 5.74. The molecule has 0 aliphatic rings. The Kier molecular flexibility index (Phi) is 4.15. The molecule has 0 saturated carbocycles. The third-order valence-corrected chi connectivity index (χ3v) is 3.06. The Morgan fingerprint density at radius 3 is 2.63 bits per heavy atom. The van der Waals surface area contributed by atoms with Crippen LogP contribution in [0.25, 0.3) is 16.6 Å². The van der Waals surface area contributed by atoms with Gasteiger partial charge in [0.1, 0.15) is 7.85 Å². The first-order chi connectivity index (χ1) is 9.08. The molecule has 2 heterocycles. The molecule has 2 aromatic heterocycles. The van der Waals surface area contributed by atoms with E-state index in [0.717, 1.165) is 27.9 Å². The maximum Gasteiger partial charge on any atom is 1.00 e. The number of nitrogens with zero attached hydrogens (tertiary/aromatic N) is 2. The Morgan fingerprint density at radius 1 is 1.26 bits per heavy atom. The molecule has 19 heavy (non-hydrogen) atoms. The fourth-order valence-electron chi connectivity index (χ4n) is 2.10. The topological polar surface area (TPSA) is 17.3 Å². The molecule has 86 valence electrons. The van der Waals surface area contributed by atoms with Crippen LogP contribution in [-0.2, 0) is 0 Å². The molecule has 3 rings (SSSR count). The van der Waals surface area contributed by atoms with Crippen LogP contribution < -0.4 is 56.8 Å². The molecule has 0 N–H and O–H groups in total. The number of fused-ring (bicyclic) bond motifs is 1. The minimum Gasteiger partial charge on any atom is -0.238 e. The van der Waals surface area contributed by atoms with Crippen molar-refractivity contribution in [3.63, 3.8) is 0 Å². The molecule has 0 amide bonds. The van der Waals surface area contributed by atoms with Crippen LogP contribution in [-0.4, -0.2) is 17.5 Å². The first kappa shape index (κ1) is 13.5. The summed E-state index contributed by atoms with van der Waals surface area (Å²) in [7, 11) is 6.01. The van der Waals surface area contributed by atoms with Crippen molar-refractivity contribution in [2.45, 2.75) is 6.92 Å². The predicted octanol–water partition coefficient (Wildman–Crippen LogP) is -0.710. The van der Waals surface area contributed by atoms with Crippen LogP contribution in [0.2, 0.25) is 0 Å². The third kappa shape index (κ3) is 2.69. The van der Waals surface area contributed by atoms with Gasteiger partial charge >= 0.3 is 51.4 Å². The van der Waals surface area contributed by atoms with Gasteiger partial charge in [0.15, 0.2) is 0 Å². The number of hydrogen-bond donors (Lipinski definition) is 0. The number of rotatable bonds is 1. The van der Waals surface area contributed by atoms with Gasteiger partial charge in [-0.05, 0) is 18.5 Å². The Labute approximate surface area is 158 Å². The zero-order chi connectivity index (χ0) is 13.6. The molecule has 0 bridgehead atoms. The number of benzene rings is 1. The van der Waals surface area contributed by atoms with E-state index >= 15 is 0 Å². The van der Waals surface area contributed by atoms with E-state index in [1.54, 1.807) is 10.7 Å². The van der Waals surface area contributed by atoms with Gasteiger partial charge in [-0.2, -0.15) is 29.7 Å². The third-order valence-electron chi connectivity index (χ3n) is 3.06. The summed E-state index contributed by atoms with van der Waals surface area (Å²) in [6.07, 6.45) is 1.63. The Hall–Kier alpha value is -0.519. The van der Waals surface area contributed by atoms with Crippen molar-refractivity contribution < 1.29 is 52.8 Å². The molecule has 0 spiro atoms. The van der Waals surface area contributed by atoms with Crippen molar-refractivity contribution in [3.05, 3.63) is 60.8 Å². The summed E-state index contributed by atoms with van der Waals surface area (Å²) in [5.74, 6) is 0. The van der Waals surface area contributed by atoms with Crippen molar-refractivity contribution >= 4 is 18.8 Å². The Morgan fingerprint density at radius 2 is 1.95 bits per heavy atom. The fraction of sp³-hybridized carbons (Fsp3) is 0.0667. The molecular formula is C15H12BKN2. The summed E-state index contributed by atoms with van der Waals surface area (Å²) in [4.78, 5) is 0. The second kappa shape index (κ2) is 5.85. The van der Waals surface area contributed by atoms with Gasteiger partial charge in [-0.15, -0.1) is 12.1 Å². The largest absolute Gasteiger partial charge is 1.00 e. The number of pyridine rings is 1. The van der Waals surface area contributed by atoms with Crippen LogP contribution in [0, 0.1) is 13.8 Å². The van der Waals surface area contributed by atoms with Gasteiger partial charge in [0.25, 0.3) is 0 Å². The average molecular weight is 271 g/mol. The van der Waals surface area contributed by atoms with Crippen molar-refractivity contribution in [2.24, 2.45) is 0 Å². The first-order valence-corrected chi connectivity index (χ1v) is 5.74. The van der Waals surface area contributed by atoms with Gasteiger partial charge in [0.2, 0.25) is 0 Å². The molecule has 0 saturated heterocycles. The second-order valence-corrected chi connectivity index (χ2v) is 4.35. The molecular weight excluding hydrogens is 258 g/mol. The monoisotopic (exact) mass is 271 g/mol. The van der Waals surface area contributed by atoms with Crippen LogP contribution in [0.3, 0.4) is 0 Å². The van der Waals surface area contributed by atoms with Gasteiger partial charge in [-0.1, -0.05) is 11.5 Å². The van der Waals surface area contributed by atoms with Gasteiger partial charge in [-0.3, -0.25) is 0 Å². The smallest absolute Gasteiger partial charge is 0.238 e. The van der Waals surface area contributed by atoms with Crippen LogP contribution in [0.15, 0.2) is 42.6 Å². The summed E-state index contributed by atoms with van der Waals surface area (Å²) < 4.78 is 9.76. The zero-order valence-electron chi connectivity index (χ0n) is 12.1. The molecule has 4 heteroatoms. The normalized spacial score (nSPS) is 11.1. The van der Waals surface area contributed by atoms with Crippen LogP contribution in [0.1, 0.15) is 12.6 Å². The summed E-state index contributed by atoms with van der Waals surface area (Å²) in [5, 5.41) is 4.24. The number of aryl methyl sites for hydroxylation is 1. The Bertz CT molecular complexity index is 766. The number of hydrogen-bond acceptors (Lipinski definition) is 1. The summed E-state index contributed by atoms with van der Waals surface area (Å²) >= 11 is 0. The zero-order valence-corrected chi connectivity index (χ0v) is 14.3. The Balaban J connectivity index is 0.00000147. The summed E-state index contributed by atoms with van der Waals surface area (Å²) in [6, 6.07) is 10.1. The minimum absolute atomic E-state index is 0. The summed E-state index contributed by atoms with van der Waals surface area (Å²) in [5.41, 5.74) is 5.15. The van der Waals surface area contributed by atoms with E-state index in [9.17, 15) is 0 Å². The van der Waals surface area contributed by atoms with Gasteiger partial charge < -0.3 is 0 Å². The molecule has 0 aliphatic carbocycles. The average Bonchev–Trinajstić information content (AvgIpc) is 2.78. The van der Waals surface area contributed by atoms with E-state index in [4.69, 9.17) is 9.22 Å². The molecule has 2 radical (unpaired) electrons. The van der Waals surface area contributed by atoms with E-state index < -0.39 is 0 Å². The number of aromatic nitrogens is 2. The standard InChI is InChI=1S/C15H12BN2.K/c1-10-3-6-12(7-4-10)13-8-5-11(2)18-15(13)14(16)9-17-18;/h3-9H,1H2,2H3;/q-1;+1/i5D;. The maximum absolute atomic E-state index is 8.03. The molecule has 0 atom stereocenters. The molecule has 2 nitrogen and oxygen atoms in total. The van der Waals surface area contributed by atoms with Crippen molar-refractivity contribution in [3.8, 4) is 11.1 Å². The van der Waals surface area contributed by atoms with E-state index in [-0.39, 0.29) is 51.4 Å². The molecule has 3 aromatic rings. The van der Waals surface area contributed by atoms with Crippen LogP contribution in [0.5, 0.6) is 0 Å². The van der Waals surface area contributed by atoms with Crippen LogP contribution in [0.4, 0.5) is 0 Å².